The van der Waals surface area contributed by atoms with Gasteiger partial charge in [0.1, 0.15) is 22.2 Å². The summed E-state index contributed by atoms with van der Waals surface area (Å²) in [5, 5.41) is 14.1. The Bertz CT molecular complexity index is 1260. The number of carbonyl (C=O) groups is 2. The standard InChI is InChI=1S/C27H33FN4O4S/c1-6-32(7-2)13-12-29-25(34)22-16(4)20(30-17(22)5)15-21-24(33)23(27(35)36-8-3)26(37-21)31-19-11-9-10-18(28)14-19/h9-11,14-15,30,33H,6-8,12-13H2,1-5H3,(H,29,34)/b21-15+,31-26?. The van der Waals surface area contributed by atoms with Crippen molar-refractivity contribution in [2.75, 3.05) is 32.8 Å². The number of thioether (sulfide) groups is 1. The smallest absolute Gasteiger partial charge is 0.344 e. The predicted molar refractivity (Wildman–Crippen MR) is 146 cm³/mol. The molecule has 1 amide bonds. The summed E-state index contributed by atoms with van der Waals surface area (Å²) in [6, 6.07) is 5.64. The number of H-pyrrole nitrogens is 1. The number of aliphatic imine (C=N–C) groups is 1. The van der Waals surface area contributed by atoms with E-state index < -0.39 is 11.8 Å². The second kappa shape index (κ2) is 12.7. The van der Waals surface area contributed by atoms with Crippen molar-refractivity contribution in [3.05, 3.63) is 68.8 Å². The monoisotopic (exact) mass is 528 g/mol. The van der Waals surface area contributed by atoms with E-state index in [1.807, 2.05) is 13.8 Å². The molecule has 1 aromatic heterocycles. The minimum absolute atomic E-state index is 0.0855. The highest BCUT2D eigenvalue weighted by atomic mass is 32.2. The van der Waals surface area contributed by atoms with Gasteiger partial charge >= 0.3 is 5.97 Å². The van der Waals surface area contributed by atoms with Gasteiger partial charge in [-0.05, 0) is 63.7 Å². The highest BCUT2D eigenvalue weighted by Crippen LogP contribution is 2.40. The van der Waals surface area contributed by atoms with Crippen molar-refractivity contribution in [2.24, 2.45) is 4.99 Å². The molecule has 3 rings (SSSR count). The van der Waals surface area contributed by atoms with Gasteiger partial charge < -0.3 is 25.0 Å². The number of hydrogen-bond donors (Lipinski definition) is 3. The Hall–Kier alpha value is -3.37. The van der Waals surface area contributed by atoms with Crippen molar-refractivity contribution >= 4 is 40.4 Å². The van der Waals surface area contributed by atoms with Crippen molar-refractivity contribution in [2.45, 2.75) is 34.6 Å². The summed E-state index contributed by atoms with van der Waals surface area (Å²) in [5.74, 6) is -1.65. The van der Waals surface area contributed by atoms with E-state index in [4.69, 9.17) is 4.74 Å². The summed E-state index contributed by atoms with van der Waals surface area (Å²) in [6.45, 7) is 12.7. The van der Waals surface area contributed by atoms with E-state index in [0.29, 0.717) is 39.7 Å². The second-order valence-electron chi connectivity index (χ2n) is 8.40. The van der Waals surface area contributed by atoms with E-state index in [1.54, 1.807) is 19.1 Å². The van der Waals surface area contributed by atoms with E-state index in [-0.39, 0.29) is 28.9 Å². The number of ether oxygens (including phenoxy) is 1. The van der Waals surface area contributed by atoms with Crippen LogP contribution in [-0.4, -0.2) is 64.7 Å². The zero-order valence-electron chi connectivity index (χ0n) is 21.8. The molecule has 0 fully saturated rings. The maximum absolute atomic E-state index is 13.7. The summed E-state index contributed by atoms with van der Waals surface area (Å²) in [5.41, 5.74) is 2.78. The third-order valence-corrected chi connectivity index (χ3v) is 7.02. The molecule has 0 saturated carbocycles. The normalized spacial score (nSPS) is 15.8. The van der Waals surface area contributed by atoms with Crippen LogP contribution in [0.2, 0.25) is 0 Å². The van der Waals surface area contributed by atoms with Gasteiger partial charge in [-0.3, -0.25) is 4.79 Å². The van der Waals surface area contributed by atoms with Crippen LogP contribution in [0.15, 0.2) is 45.5 Å². The Morgan fingerprint density at radius 3 is 2.62 bits per heavy atom. The van der Waals surface area contributed by atoms with Gasteiger partial charge in [-0.15, -0.1) is 0 Å². The lowest BCUT2D eigenvalue weighted by Crippen LogP contribution is -2.35. The Morgan fingerprint density at radius 2 is 1.97 bits per heavy atom. The number of halogens is 1. The van der Waals surface area contributed by atoms with Gasteiger partial charge in [-0.1, -0.05) is 31.7 Å². The first-order valence-electron chi connectivity index (χ1n) is 12.2. The first kappa shape index (κ1) is 28.2. The third kappa shape index (κ3) is 6.69. The van der Waals surface area contributed by atoms with Crippen molar-refractivity contribution in [3.8, 4) is 0 Å². The molecule has 2 heterocycles. The number of amides is 1. The fourth-order valence-corrected chi connectivity index (χ4v) is 5.02. The summed E-state index contributed by atoms with van der Waals surface area (Å²) in [7, 11) is 0. The molecule has 8 nitrogen and oxygen atoms in total. The van der Waals surface area contributed by atoms with Crippen LogP contribution in [-0.2, 0) is 9.53 Å². The summed E-state index contributed by atoms with van der Waals surface area (Å²) < 4.78 is 18.8. The second-order valence-corrected chi connectivity index (χ2v) is 9.43. The van der Waals surface area contributed by atoms with Gasteiger partial charge in [-0.25, -0.2) is 14.2 Å². The van der Waals surface area contributed by atoms with Gasteiger partial charge in [0.05, 0.1) is 22.8 Å². The molecule has 3 N–H and O–H groups in total. The van der Waals surface area contributed by atoms with Crippen molar-refractivity contribution in [1.82, 2.24) is 15.2 Å². The van der Waals surface area contributed by atoms with E-state index in [1.165, 1.54) is 18.2 Å². The largest absolute Gasteiger partial charge is 0.506 e. The van der Waals surface area contributed by atoms with E-state index in [2.05, 4.69) is 34.0 Å². The number of benzene rings is 1. The van der Waals surface area contributed by atoms with Crippen LogP contribution >= 0.6 is 11.8 Å². The molecule has 0 bridgehead atoms. The van der Waals surface area contributed by atoms with E-state index in [0.717, 1.165) is 31.4 Å². The van der Waals surface area contributed by atoms with Crippen LogP contribution in [0.1, 0.15) is 48.1 Å². The molecule has 1 aromatic carbocycles. The lowest BCUT2D eigenvalue weighted by molar-refractivity contribution is -0.138. The van der Waals surface area contributed by atoms with Crippen molar-refractivity contribution in [1.29, 1.82) is 0 Å². The van der Waals surface area contributed by atoms with E-state index >= 15 is 0 Å². The highest BCUT2D eigenvalue weighted by Gasteiger charge is 2.33. The highest BCUT2D eigenvalue weighted by molar-refractivity contribution is 8.18. The maximum atomic E-state index is 13.7. The van der Waals surface area contributed by atoms with Crippen molar-refractivity contribution < 1.29 is 23.8 Å². The molecule has 198 valence electrons. The number of hydrogen-bond acceptors (Lipinski definition) is 7. The molecule has 1 aliphatic rings. The number of nitrogens with one attached hydrogen (secondary N) is 2. The average molecular weight is 529 g/mol. The Balaban J connectivity index is 1.92. The van der Waals surface area contributed by atoms with Crippen molar-refractivity contribution in [3.63, 3.8) is 0 Å². The number of esters is 1. The van der Waals surface area contributed by atoms with Crippen LogP contribution in [0.5, 0.6) is 0 Å². The van der Waals surface area contributed by atoms with Gasteiger partial charge in [0.2, 0.25) is 0 Å². The number of aliphatic hydroxyl groups is 1. The molecular weight excluding hydrogens is 495 g/mol. The van der Waals surface area contributed by atoms with Crippen LogP contribution < -0.4 is 5.32 Å². The topological polar surface area (TPSA) is 107 Å². The van der Waals surface area contributed by atoms with Crippen LogP contribution in [0, 0.1) is 19.7 Å². The first-order chi connectivity index (χ1) is 17.7. The zero-order valence-corrected chi connectivity index (χ0v) is 22.6. The summed E-state index contributed by atoms with van der Waals surface area (Å²) in [4.78, 5) is 35.7. The Morgan fingerprint density at radius 1 is 1.24 bits per heavy atom. The van der Waals surface area contributed by atoms with Crippen LogP contribution in [0.4, 0.5) is 10.1 Å². The number of carbonyl (C=O) groups excluding carboxylic acids is 2. The van der Waals surface area contributed by atoms with Gasteiger partial charge in [-0.2, -0.15) is 0 Å². The number of aromatic amines is 1. The number of rotatable bonds is 10. The molecule has 37 heavy (non-hydrogen) atoms. The fourth-order valence-electron chi connectivity index (χ4n) is 4.00. The minimum Gasteiger partial charge on any atom is -0.506 e. The Kier molecular flexibility index (Phi) is 9.71. The number of aliphatic hydroxyl groups excluding tert-OH is 1. The molecule has 0 saturated heterocycles. The molecule has 1 aliphatic heterocycles. The van der Waals surface area contributed by atoms with E-state index in [9.17, 15) is 19.1 Å². The quantitative estimate of drug-likeness (QED) is 0.373. The lowest BCUT2D eigenvalue weighted by atomic mass is 10.1. The third-order valence-electron chi connectivity index (χ3n) is 6.00. The molecular formula is C27H33FN4O4S. The SMILES string of the molecule is CCOC(=O)C1=C(O)/C(=C\c2[nH]c(C)c(C(=O)NCCN(CC)CC)c2C)SC1=Nc1cccc(F)c1. The number of likely N-dealkylation sites (N-methyl/N-ethyl adjacent to an activating group) is 1. The van der Waals surface area contributed by atoms with Crippen LogP contribution in [0.3, 0.4) is 0 Å². The molecule has 0 atom stereocenters. The zero-order chi connectivity index (χ0) is 27.1. The number of aryl methyl sites for hydroxylation is 1. The van der Waals surface area contributed by atoms with Crippen LogP contribution in [0.25, 0.3) is 6.08 Å². The predicted octanol–water partition coefficient (Wildman–Crippen LogP) is 5.04. The van der Waals surface area contributed by atoms with Gasteiger partial charge in [0.25, 0.3) is 5.91 Å². The molecule has 0 radical (unpaired) electrons. The summed E-state index contributed by atoms with van der Waals surface area (Å²) >= 11 is 1.07. The Labute approximate surface area is 220 Å². The lowest BCUT2D eigenvalue weighted by Gasteiger charge is -2.18. The number of nitrogens with zero attached hydrogens (tertiary/aromatic N) is 2. The summed E-state index contributed by atoms with van der Waals surface area (Å²) in [6.07, 6.45) is 1.67. The molecule has 2 aromatic rings. The fraction of sp³-hybridized carbons (Fsp3) is 0.370. The first-order valence-corrected chi connectivity index (χ1v) is 13.1. The molecule has 0 spiro atoms. The molecule has 10 heteroatoms. The molecule has 0 unspecified atom stereocenters. The number of aromatic nitrogens is 1. The van der Waals surface area contributed by atoms with Gasteiger partial charge in [0, 0.05) is 24.5 Å². The maximum Gasteiger partial charge on any atom is 0.344 e. The van der Waals surface area contributed by atoms with Gasteiger partial charge in [0.15, 0.2) is 0 Å². The average Bonchev–Trinajstić information content (AvgIpc) is 3.31. The molecule has 0 aliphatic carbocycles. The minimum atomic E-state index is -0.723.